The zero-order chi connectivity index (χ0) is 18.4. The van der Waals surface area contributed by atoms with Crippen molar-refractivity contribution in [2.24, 2.45) is 23.7 Å². The van der Waals surface area contributed by atoms with Gasteiger partial charge in [-0.05, 0) is 67.2 Å². The van der Waals surface area contributed by atoms with Crippen LogP contribution in [0.2, 0.25) is 0 Å². The average molecular weight is 372 g/mol. The van der Waals surface area contributed by atoms with Crippen molar-refractivity contribution in [3.63, 3.8) is 0 Å². The Labute approximate surface area is 160 Å². The van der Waals surface area contributed by atoms with E-state index in [1.165, 1.54) is 32.1 Å². The van der Waals surface area contributed by atoms with E-state index in [-0.39, 0.29) is 12.7 Å². The van der Waals surface area contributed by atoms with Crippen molar-refractivity contribution in [3.8, 4) is 5.75 Å². The molecule has 146 valence electrons. The number of aliphatic hydroxyl groups excluding tert-OH is 1. The van der Waals surface area contributed by atoms with Gasteiger partial charge in [-0.2, -0.15) is 4.89 Å². The Morgan fingerprint density at radius 3 is 2.30 bits per heavy atom. The van der Waals surface area contributed by atoms with E-state index in [1.54, 1.807) is 0 Å². The molecular weight excluding hydrogens is 344 g/mol. The smallest absolute Gasteiger partial charge is 0.207 e. The number of benzene rings is 1. The molecule has 1 spiro atoms. The summed E-state index contributed by atoms with van der Waals surface area (Å²) in [4.78, 5) is 11.9. The number of rotatable bonds is 5. The van der Waals surface area contributed by atoms with E-state index in [9.17, 15) is 0 Å². The molecular formula is C22H28O5. The van der Waals surface area contributed by atoms with E-state index in [0.29, 0.717) is 25.0 Å². The molecule has 1 unspecified atom stereocenters. The Kier molecular flexibility index (Phi) is 4.51. The van der Waals surface area contributed by atoms with Crippen molar-refractivity contribution < 1.29 is 24.4 Å². The average Bonchev–Trinajstić information content (AvgIpc) is 2.70. The third-order valence-corrected chi connectivity index (χ3v) is 7.00. The second kappa shape index (κ2) is 6.89. The van der Waals surface area contributed by atoms with E-state index in [4.69, 9.17) is 24.4 Å². The zero-order valence-corrected chi connectivity index (χ0v) is 15.6. The zero-order valence-electron chi connectivity index (χ0n) is 15.6. The SMILES string of the molecule is C=C(c1ccc(OCCO)cc1)C1COC2(OO1)C1CC3CC(C1)CC2C3. The Hall–Kier alpha value is -1.40. The van der Waals surface area contributed by atoms with Crippen molar-refractivity contribution in [2.75, 3.05) is 19.8 Å². The van der Waals surface area contributed by atoms with Crippen LogP contribution in [0.25, 0.3) is 5.57 Å². The molecule has 1 aromatic rings. The fourth-order valence-corrected chi connectivity index (χ4v) is 5.88. The van der Waals surface area contributed by atoms with E-state index >= 15 is 0 Å². The quantitative estimate of drug-likeness (QED) is 0.801. The van der Waals surface area contributed by atoms with E-state index in [2.05, 4.69) is 6.58 Å². The molecule has 4 aliphatic carbocycles. The molecule has 1 aromatic carbocycles. The maximum atomic E-state index is 8.84. The minimum atomic E-state index is -0.522. The number of hydrogen-bond donors (Lipinski definition) is 1. The van der Waals surface area contributed by atoms with E-state index in [0.717, 1.165) is 28.7 Å². The molecule has 1 saturated heterocycles. The maximum absolute atomic E-state index is 8.84. The minimum absolute atomic E-state index is 0.00425. The van der Waals surface area contributed by atoms with Crippen LogP contribution in [-0.4, -0.2) is 36.8 Å². The highest BCUT2D eigenvalue weighted by Gasteiger charge is 2.61. The molecule has 0 aromatic heterocycles. The van der Waals surface area contributed by atoms with Crippen LogP contribution in [0.5, 0.6) is 5.75 Å². The first kappa shape index (κ1) is 17.7. The fourth-order valence-electron chi connectivity index (χ4n) is 5.88. The molecule has 4 bridgehead atoms. The molecule has 0 radical (unpaired) electrons. The molecule has 27 heavy (non-hydrogen) atoms. The second-order valence-electron chi connectivity index (χ2n) is 8.63. The summed E-state index contributed by atoms with van der Waals surface area (Å²) in [7, 11) is 0. The van der Waals surface area contributed by atoms with Gasteiger partial charge < -0.3 is 14.6 Å². The number of ether oxygens (including phenoxy) is 2. The standard InChI is InChI=1S/C22H28O5/c1-14(17-2-4-20(5-3-17)24-7-6-23)21-13-25-22(27-26-21)18-9-15-8-16(11-18)12-19(22)10-15/h2-5,15-16,18-19,21,23H,1,6-13H2. The van der Waals surface area contributed by atoms with Gasteiger partial charge in [-0.3, -0.25) is 0 Å². The summed E-state index contributed by atoms with van der Waals surface area (Å²) in [6, 6.07) is 7.65. The van der Waals surface area contributed by atoms with Crippen molar-refractivity contribution in [1.29, 1.82) is 0 Å². The van der Waals surface area contributed by atoms with Gasteiger partial charge in [0.2, 0.25) is 5.79 Å². The van der Waals surface area contributed by atoms with Crippen LogP contribution < -0.4 is 4.74 Å². The largest absolute Gasteiger partial charge is 0.491 e. The molecule has 0 amide bonds. The molecule has 5 aliphatic rings. The summed E-state index contributed by atoms with van der Waals surface area (Å²) >= 11 is 0. The summed E-state index contributed by atoms with van der Waals surface area (Å²) in [6.07, 6.45) is 5.99. The lowest BCUT2D eigenvalue weighted by atomic mass is 9.53. The molecule has 1 N–H and O–H groups in total. The maximum Gasteiger partial charge on any atom is 0.207 e. The van der Waals surface area contributed by atoms with Gasteiger partial charge in [0, 0.05) is 11.8 Å². The molecule has 4 saturated carbocycles. The van der Waals surface area contributed by atoms with Gasteiger partial charge >= 0.3 is 0 Å². The van der Waals surface area contributed by atoms with E-state index in [1.807, 2.05) is 24.3 Å². The summed E-state index contributed by atoms with van der Waals surface area (Å²) in [5, 5.41) is 8.84. The highest BCUT2D eigenvalue weighted by Crippen LogP contribution is 2.60. The highest BCUT2D eigenvalue weighted by atomic mass is 17.2. The lowest BCUT2D eigenvalue weighted by molar-refractivity contribution is -0.517. The Morgan fingerprint density at radius 1 is 1.07 bits per heavy atom. The molecule has 5 heteroatoms. The van der Waals surface area contributed by atoms with Gasteiger partial charge in [0.05, 0.1) is 13.2 Å². The number of aliphatic hydroxyl groups is 1. The van der Waals surface area contributed by atoms with Gasteiger partial charge in [0.1, 0.15) is 18.5 Å². The van der Waals surface area contributed by atoms with E-state index < -0.39 is 5.79 Å². The predicted octanol–water partition coefficient (Wildman–Crippen LogP) is 3.57. The van der Waals surface area contributed by atoms with Crippen molar-refractivity contribution in [2.45, 2.75) is 44.0 Å². The van der Waals surface area contributed by atoms with Crippen LogP contribution in [0, 0.1) is 23.7 Å². The van der Waals surface area contributed by atoms with Gasteiger partial charge in [-0.1, -0.05) is 18.7 Å². The second-order valence-corrected chi connectivity index (χ2v) is 8.63. The summed E-state index contributed by atoms with van der Waals surface area (Å²) in [5.41, 5.74) is 1.83. The lowest BCUT2D eigenvalue weighted by Gasteiger charge is -2.60. The topological polar surface area (TPSA) is 57.2 Å². The molecule has 1 heterocycles. The summed E-state index contributed by atoms with van der Waals surface area (Å²) in [6.45, 7) is 4.99. The van der Waals surface area contributed by atoms with Crippen molar-refractivity contribution in [1.82, 2.24) is 0 Å². The monoisotopic (exact) mass is 372 g/mol. The van der Waals surface area contributed by atoms with Gasteiger partial charge in [0.15, 0.2) is 0 Å². The van der Waals surface area contributed by atoms with Crippen LogP contribution in [0.1, 0.15) is 37.7 Å². The predicted molar refractivity (Wildman–Crippen MR) is 99.7 cm³/mol. The third-order valence-electron chi connectivity index (χ3n) is 7.00. The first-order chi connectivity index (χ1) is 13.2. The Balaban J connectivity index is 1.23. The van der Waals surface area contributed by atoms with Gasteiger partial charge in [-0.15, -0.1) is 0 Å². The Bertz CT molecular complexity index is 659. The van der Waals surface area contributed by atoms with Crippen molar-refractivity contribution in [3.05, 3.63) is 36.4 Å². The minimum Gasteiger partial charge on any atom is -0.491 e. The van der Waals surface area contributed by atoms with Gasteiger partial charge in [-0.25, -0.2) is 4.89 Å². The summed E-state index contributed by atoms with van der Waals surface area (Å²) in [5.74, 6) is 2.89. The molecule has 6 rings (SSSR count). The van der Waals surface area contributed by atoms with Gasteiger partial charge in [0.25, 0.3) is 0 Å². The highest BCUT2D eigenvalue weighted by molar-refractivity contribution is 5.67. The van der Waals surface area contributed by atoms with Crippen molar-refractivity contribution >= 4 is 5.57 Å². The first-order valence-corrected chi connectivity index (χ1v) is 10.2. The molecule has 1 aliphatic heterocycles. The normalized spacial score (nSPS) is 39.7. The van der Waals surface area contributed by atoms with Crippen LogP contribution in [0.4, 0.5) is 0 Å². The molecule has 5 fully saturated rings. The fraction of sp³-hybridized carbons (Fsp3) is 0.636. The molecule has 5 nitrogen and oxygen atoms in total. The van der Waals surface area contributed by atoms with Crippen LogP contribution in [0.15, 0.2) is 30.8 Å². The first-order valence-electron chi connectivity index (χ1n) is 10.2. The van der Waals surface area contributed by atoms with Crippen LogP contribution in [-0.2, 0) is 14.5 Å². The number of hydrogen-bond acceptors (Lipinski definition) is 5. The van der Waals surface area contributed by atoms with Crippen LogP contribution in [0.3, 0.4) is 0 Å². The molecule has 1 atom stereocenters. The van der Waals surface area contributed by atoms with Crippen LogP contribution >= 0.6 is 0 Å². The summed E-state index contributed by atoms with van der Waals surface area (Å²) < 4.78 is 11.8. The lowest BCUT2D eigenvalue weighted by Crippen LogP contribution is -2.63. The Morgan fingerprint density at radius 2 is 1.74 bits per heavy atom. The third kappa shape index (κ3) is 3.01.